The quantitative estimate of drug-likeness (QED) is 0.867. The third-order valence-corrected chi connectivity index (χ3v) is 4.35. The van der Waals surface area contributed by atoms with Crippen LogP contribution in [0.4, 0.5) is 10.1 Å². The predicted molar refractivity (Wildman–Crippen MR) is 90.5 cm³/mol. The lowest BCUT2D eigenvalue weighted by molar-refractivity contribution is 0.0746. The molecule has 0 bridgehead atoms. The number of amides is 1. The Labute approximate surface area is 136 Å². The minimum atomic E-state index is -0.540. The van der Waals surface area contributed by atoms with E-state index in [-0.39, 0.29) is 5.91 Å². The van der Waals surface area contributed by atoms with Gasteiger partial charge in [-0.2, -0.15) is 0 Å². The summed E-state index contributed by atoms with van der Waals surface area (Å²) >= 11 is 0. The fourth-order valence-electron chi connectivity index (χ4n) is 3.04. The Hall–Kier alpha value is -2.36. The van der Waals surface area contributed by atoms with Crippen molar-refractivity contribution < 1.29 is 9.18 Å². The van der Waals surface area contributed by atoms with Crippen LogP contribution in [-0.2, 0) is 6.67 Å². The Morgan fingerprint density at radius 1 is 1.04 bits per heavy atom. The number of para-hydroxylation sites is 1. The fourth-order valence-corrected chi connectivity index (χ4v) is 3.04. The largest absolute Gasteiger partial charge is 0.368 e. The van der Waals surface area contributed by atoms with Gasteiger partial charge in [0, 0.05) is 37.4 Å². The monoisotopic (exact) mass is 312 g/mol. The van der Waals surface area contributed by atoms with Gasteiger partial charge in [-0.1, -0.05) is 30.3 Å². The second-order valence-electron chi connectivity index (χ2n) is 5.90. The van der Waals surface area contributed by atoms with E-state index in [0.29, 0.717) is 24.2 Å². The summed E-state index contributed by atoms with van der Waals surface area (Å²) in [6.07, 6.45) is 0. The molecule has 1 heterocycles. The van der Waals surface area contributed by atoms with E-state index >= 15 is 0 Å². The molecular formula is C19H21FN2O. The molecule has 2 aromatic carbocycles. The lowest BCUT2D eigenvalue weighted by atomic mass is 10.1. The molecule has 3 rings (SSSR count). The lowest BCUT2D eigenvalue weighted by Crippen LogP contribution is -2.49. The van der Waals surface area contributed by atoms with Gasteiger partial charge in [-0.3, -0.25) is 4.79 Å². The number of anilines is 1. The van der Waals surface area contributed by atoms with Gasteiger partial charge >= 0.3 is 0 Å². The van der Waals surface area contributed by atoms with Gasteiger partial charge < -0.3 is 9.80 Å². The number of nitrogens with zero attached hydrogens (tertiary/aromatic N) is 2. The zero-order chi connectivity index (χ0) is 16.2. The molecule has 0 aliphatic carbocycles. The summed E-state index contributed by atoms with van der Waals surface area (Å²) in [5.74, 6) is -0.00951. The molecule has 1 aliphatic heterocycles. The summed E-state index contributed by atoms with van der Waals surface area (Å²) in [5.41, 5.74) is 3.61. The van der Waals surface area contributed by atoms with Gasteiger partial charge in [0.25, 0.3) is 5.91 Å². The van der Waals surface area contributed by atoms with Gasteiger partial charge in [0.2, 0.25) is 0 Å². The molecule has 0 spiro atoms. The number of benzene rings is 2. The van der Waals surface area contributed by atoms with Crippen molar-refractivity contribution in [1.29, 1.82) is 0 Å². The first-order valence-corrected chi connectivity index (χ1v) is 7.94. The van der Waals surface area contributed by atoms with Crippen LogP contribution in [0.5, 0.6) is 0 Å². The Kier molecular flexibility index (Phi) is 4.60. The Morgan fingerprint density at radius 2 is 1.78 bits per heavy atom. The third kappa shape index (κ3) is 3.36. The van der Waals surface area contributed by atoms with Crippen molar-refractivity contribution in [1.82, 2.24) is 4.90 Å². The number of hydrogen-bond donors (Lipinski definition) is 0. The molecule has 0 saturated carbocycles. The van der Waals surface area contributed by atoms with Gasteiger partial charge in [0.1, 0.15) is 6.67 Å². The standard InChI is InChI=1S/C19H21FN2O/c1-15-5-2-3-8-18(15)21-9-11-22(12-10-21)19(23)17-7-4-6-16(13-17)14-20/h2-8,13H,9-12,14H2,1H3. The molecule has 1 fully saturated rings. The Morgan fingerprint density at radius 3 is 2.48 bits per heavy atom. The molecule has 1 saturated heterocycles. The summed E-state index contributed by atoms with van der Waals surface area (Å²) in [6.45, 7) is 4.58. The van der Waals surface area contributed by atoms with Crippen LogP contribution in [0.1, 0.15) is 21.5 Å². The first kappa shape index (κ1) is 15.5. The van der Waals surface area contributed by atoms with Gasteiger partial charge in [-0.05, 0) is 36.2 Å². The molecule has 120 valence electrons. The van der Waals surface area contributed by atoms with Crippen LogP contribution in [0, 0.1) is 6.92 Å². The van der Waals surface area contributed by atoms with E-state index in [1.807, 2.05) is 17.0 Å². The lowest BCUT2D eigenvalue weighted by Gasteiger charge is -2.36. The summed E-state index contributed by atoms with van der Waals surface area (Å²) in [7, 11) is 0. The topological polar surface area (TPSA) is 23.6 Å². The average Bonchev–Trinajstić information content (AvgIpc) is 2.62. The van der Waals surface area contributed by atoms with Crippen molar-refractivity contribution in [3.8, 4) is 0 Å². The normalized spacial score (nSPS) is 14.9. The van der Waals surface area contributed by atoms with E-state index in [0.717, 1.165) is 13.1 Å². The number of hydrogen-bond acceptors (Lipinski definition) is 2. The minimum Gasteiger partial charge on any atom is -0.368 e. The van der Waals surface area contributed by atoms with Crippen LogP contribution in [0.25, 0.3) is 0 Å². The van der Waals surface area contributed by atoms with E-state index in [1.165, 1.54) is 11.3 Å². The SMILES string of the molecule is Cc1ccccc1N1CCN(C(=O)c2cccc(CF)c2)CC1. The number of carbonyl (C=O) groups excluding carboxylic acids is 1. The zero-order valence-electron chi connectivity index (χ0n) is 13.3. The molecule has 0 radical (unpaired) electrons. The van der Waals surface area contributed by atoms with Crippen molar-refractivity contribution in [3.05, 3.63) is 65.2 Å². The molecule has 0 unspecified atom stereocenters. The number of piperazine rings is 1. The number of aryl methyl sites for hydroxylation is 1. The van der Waals surface area contributed by atoms with E-state index < -0.39 is 6.67 Å². The molecule has 0 atom stereocenters. The van der Waals surface area contributed by atoms with Crippen LogP contribution in [0.3, 0.4) is 0 Å². The summed E-state index contributed by atoms with van der Waals surface area (Å²) in [6, 6.07) is 15.2. The second kappa shape index (κ2) is 6.82. The average molecular weight is 312 g/mol. The number of rotatable bonds is 3. The molecule has 1 aliphatic rings. The van der Waals surface area contributed by atoms with Crippen molar-refractivity contribution in [3.63, 3.8) is 0 Å². The highest BCUT2D eigenvalue weighted by molar-refractivity contribution is 5.94. The predicted octanol–water partition coefficient (Wildman–Crippen LogP) is 3.43. The van der Waals surface area contributed by atoms with Gasteiger partial charge in [-0.25, -0.2) is 4.39 Å². The maximum Gasteiger partial charge on any atom is 0.253 e. The summed E-state index contributed by atoms with van der Waals surface area (Å²) in [5, 5.41) is 0. The van der Waals surface area contributed by atoms with Crippen molar-refractivity contribution in [2.75, 3.05) is 31.1 Å². The highest BCUT2D eigenvalue weighted by Crippen LogP contribution is 2.21. The van der Waals surface area contributed by atoms with E-state index in [4.69, 9.17) is 0 Å². The first-order valence-electron chi connectivity index (χ1n) is 7.94. The van der Waals surface area contributed by atoms with E-state index in [1.54, 1.807) is 24.3 Å². The van der Waals surface area contributed by atoms with Crippen LogP contribution in [0.15, 0.2) is 48.5 Å². The minimum absolute atomic E-state index is 0.00951. The summed E-state index contributed by atoms with van der Waals surface area (Å²) in [4.78, 5) is 16.7. The van der Waals surface area contributed by atoms with Gasteiger partial charge in [0.15, 0.2) is 0 Å². The number of carbonyl (C=O) groups is 1. The summed E-state index contributed by atoms with van der Waals surface area (Å²) < 4.78 is 12.8. The maximum absolute atomic E-state index is 12.8. The zero-order valence-corrected chi connectivity index (χ0v) is 13.3. The van der Waals surface area contributed by atoms with Crippen LogP contribution < -0.4 is 4.90 Å². The van der Waals surface area contributed by atoms with Crippen LogP contribution in [-0.4, -0.2) is 37.0 Å². The molecular weight excluding hydrogens is 291 g/mol. The number of halogens is 1. The molecule has 0 N–H and O–H groups in total. The van der Waals surface area contributed by atoms with E-state index in [2.05, 4.69) is 24.0 Å². The number of alkyl halides is 1. The molecule has 2 aromatic rings. The molecule has 4 heteroatoms. The van der Waals surface area contributed by atoms with Crippen molar-refractivity contribution in [2.45, 2.75) is 13.6 Å². The van der Waals surface area contributed by atoms with Crippen LogP contribution in [0.2, 0.25) is 0 Å². The molecule has 23 heavy (non-hydrogen) atoms. The third-order valence-electron chi connectivity index (χ3n) is 4.35. The van der Waals surface area contributed by atoms with E-state index in [9.17, 15) is 9.18 Å². The van der Waals surface area contributed by atoms with Crippen molar-refractivity contribution >= 4 is 11.6 Å². The van der Waals surface area contributed by atoms with Gasteiger partial charge in [-0.15, -0.1) is 0 Å². The Bertz CT molecular complexity index is 693. The highest BCUT2D eigenvalue weighted by atomic mass is 19.1. The molecule has 0 aromatic heterocycles. The maximum atomic E-state index is 12.8. The highest BCUT2D eigenvalue weighted by Gasteiger charge is 2.23. The first-order chi connectivity index (χ1) is 11.2. The fraction of sp³-hybridized carbons (Fsp3) is 0.316. The van der Waals surface area contributed by atoms with Crippen LogP contribution >= 0.6 is 0 Å². The smallest absolute Gasteiger partial charge is 0.253 e. The Balaban J connectivity index is 1.66. The second-order valence-corrected chi connectivity index (χ2v) is 5.90. The molecule has 3 nitrogen and oxygen atoms in total. The molecule has 1 amide bonds. The van der Waals surface area contributed by atoms with Gasteiger partial charge in [0.05, 0.1) is 0 Å². The van der Waals surface area contributed by atoms with Crippen molar-refractivity contribution in [2.24, 2.45) is 0 Å².